The summed E-state index contributed by atoms with van der Waals surface area (Å²) >= 11 is 0. The molecule has 0 unspecified atom stereocenters. The summed E-state index contributed by atoms with van der Waals surface area (Å²) in [5.74, 6) is -0.457. The number of rotatable bonds is 8. The highest BCUT2D eigenvalue weighted by Crippen LogP contribution is 2.17. The third kappa shape index (κ3) is 5.85. The molecule has 0 radical (unpaired) electrons. The summed E-state index contributed by atoms with van der Waals surface area (Å²) in [4.78, 5) is 23.2. The van der Waals surface area contributed by atoms with Gasteiger partial charge in [-0.1, -0.05) is 36.9 Å². The zero-order chi connectivity index (χ0) is 20.4. The molecule has 2 aromatic rings. The number of benzene rings is 2. The van der Waals surface area contributed by atoms with E-state index in [4.69, 9.17) is 14.7 Å². The molecule has 0 aliphatic carbocycles. The van der Waals surface area contributed by atoms with Crippen LogP contribution < -0.4 is 4.74 Å². The number of hydrogen-bond acceptors (Lipinski definition) is 6. The Bertz CT molecular complexity index is 905. The van der Waals surface area contributed by atoms with Gasteiger partial charge in [-0.15, -0.1) is 0 Å². The minimum absolute atomic E-state index is 0.0469. The van der Waals surface area contributed by atoms with E-state index in [1.165, 1.54) is 19.3 Å². The van der Waals surface area contributed by atoms with E-state index in [-0.39, 0.29) is 18.1 Å². The molecular formula is C22H19NO5. The van der Waals surface area contributed by atoms with E-state index in [0.717, 1.165) is 5.56 Å². The van der Waals surface area contributed by atoms with Crippen molar-refractivity contribution < 1.29 is 23.8 Å². The molecule has 6 heteroatoms. The lowest BCUT2D eigenvalue weighted by atomic mass is 10.1. The summed E-state index contributed by atoms with van der Waals surface area (Å²) in [6.07, 6.45) is 2.88. The number of ether oxygens (including phenoxy) is 3. The van der Waals surface area contributed by atoms with Gasteiger partial charge in [0.2, 0.25) is 0 Å². The maximum absolute atomic E-state index is 11.7. The van der Waals surface area contributed by atoms with Crippen molar-refractivity contribution in [2.75, 3.05) is 13.7 Å². The van der Waals surface area contributed by atoms with Crippen LogP contribution in [0.1, 0.15) is 21.5 Å². The van der Waals surface area contributed by atoms with E-state index in [1.54, 1.807) is 48.5 Å². The van der Waals surface area contributed by atoms with Gasteiger partial charge < -0.3 is 14.2 Å². The van der Waals surface area contributed by atoms with Gasteiger partial charge in [-0.3, -0.25) is 0 Å². The quantitative estimate of drug-likeness (QED) is 0.302. The van der Waals surface area contributed by atoms with Crippen molar-refractivity contribution >= 4 is 18.0 Å². The van der Waals surface area contributed by atoms with Crippen LogP contribution in [0.5, 0.6) is 5.75 Å². The van der Waals surface area contributed by atoms with E-state index >= 15 is 0 Å². The van der Waals surface area contributed by atoms with Gasteiger partial charge in [0, 0.05) is 0 Å². The molecule has 0 atom stereocenters. The van der Waals surface area contributed by atoms with Crippen molar-refractivity contribution in [1.82, 2.24) is 0 Å². The molecule has 0 aromatic heterocycles. The Balaban J connectivity index is 1.97. The monoisotopic (exact) mass is 377 g/mol. The van der Waals surface area contributed by atoms with Crippen LogP contribution in [0.2, 0.25) is 0 Å². The minimum atomic E-state index is -0.696. The maximum atomic E-state index is 11.7. The van der Waals surface area contributed by atoms with E-state index < -0.39 is 5.97 Å². The van der Waals surface area contributed by atoms with Crippen LogP contribution >= 0.6 is 0 Å². The van der Waals surface area contributed by atoms with Crippen LogP contribution in [0.15, 0.2) is 66.8 Å². The van der Waals surface area contributed by atoms with Gasteiger partial charge in [0.1, 0.15) is 30.6 Å². The Morgan fingerprint density at radius 2 is 1.79 bits per heavy atom. The number of nitrogens with zero attached hydrogens (tertiary/aromatic N) is 1. The first kappa shape index (κ1) is 20.5. The summed E-state index contributed by atoms with van der Waals surface area (Å²) in [6, 6.07) is 15.7. The largest absolute Gasteiger partial charge is 0.489 e. The van der Waals surface area contributed by atoms with E-state index in [2.05, 4.69) is 11.3 Å². The second kappa shape index (κ2) is 10.3. The Morgan fingerprint density at radius 3 is 2.36 bits per heavy atom. The normalized spacial score (nSPS) is 10.5. The average molecular weight is 377 g/mol. The van der Waals surface area contributed by atoms with Gasteiger partial charge in [0.15, 0.2) is 0 Å². The van der Waals surface area contributed by atoms with Crippen LogP contribution in [0.3, 0.4) is 0 Å². The highest BCUT2D eigenvalue weighted by molar-refractivity contribution is 5.97. The molecule has 2 rings (SSSR count). The van der Waals surface area contributed by atoms with Crippen molar-refractivity contribution in [1.29, 1.82) is 5.26 Å². The molecule has 142 valence electrons. The van der Waals surface area contributed by atoms with Crippen LogP contribution in [0, 0.1) is 11.3 Å². The van der Waals surface area contributed by atoms with Crippen LogP contribution in [0.25, 0.3) is 6.08 Å². The van der Waals surface area contributed by atoms with Crippen molar-refractivity contribution in [3.8, 4) is 11.8 Å². The molecule has 0 saturated carbocycles. The fourth-order valence-electron chi connectivity index (χ4n) is 2.20. The molecule has 0 aliphatic heterocycles. The van der Waals surface area contributed by atoms with E-state index in [9.17, 15) is 9.59 Å². The Labute approximate surface area is 163 Å². The van der Waals surface area contributed by atoms with Gasteiger partial charge >= 0.3 is 11.9 Å². The van der Waals surface area contributed by atoms with Gasteiger partial charge in [0.25, 0.3) is 0 Å². The van der Waals surface area contributed by atoms with Crippen LogP contribution in [-0.4, -0.2) is 25.7 Å². The average Bonchev–Trinajstić information content (AvgIpc) is 2.74. The zero-order valence-electron chi connectivity index (χ0n) is 15.4. The summed E-state index contributed by atoms with van der Waals surface area (Å²) in [6.45, 7) is 3.83. The van der Waals surface area contributed by atoms with Crippen molar-refractivity contribution in [2.45, 2.75) is 6.61 Å². The Hall–Kier alpha value is -3.85. The topological polar surface area (TPSA) is 85.6 Å². The smallest absolute Gasteiger partial charge is 0.349 e. The van der Waals surface area contributed by atoms with Gasteiger partial charge in [0.05, 0.1) is 12.7 Å². The van der Waals surface area contributed by atoms with Crippen molar-refractivity contribution in [3.63, 3.8) is 0 Å². The summed E-state index contributed by atoms with van der Waals surface area (Å²) < 4.78 is 15.2. The molecule has 0 saturated heterocycles. The fraction of sp³-hybridized carbons (Fsp3) is 0.136. The molecule has 0 aliphatic rings. The predicted octanol–water partition coefficient (Wildman–Crippen LogP) is 3.69. The zero-order valence-corrected chi connectivity index (χ0v) is 15.4. The van der Waals surface area contributed by atoms with Crippen LogP contribution in [0.4, 0.5) is 0 Å². The molecule has 2 aromatic carbocycles. The molecule has 28 heavy (non-hydrogen) atoms. The van der Waals surface area contributed by atoms with E-state index in [0.29, 0.717) is 23.5 Å². The summed E-state index contributed by atoms with van der Waals surface area (Å²) in [5, 5.41) is 9.09. The third-order valence-electron chi connectivity index (χ3n) is 3.64. The molecular weight excluding hydrogens is 358 g/mol. The summed E-state index contributed by atoms with van der Waals surface area (Å²) in [5.41, 5.74) is 1.94. The number of carbonyl (C=O) groups is 2. The lowest BCUT2D eigenvalue weighted by molar-refractivity contribution is -0.137. The molecule has 0 spiro atoms. The first-order valence-electron chi connectivity index (χ1n) is 8.37. The predicted molar refractivity (Wildman–Crippen MR) is 103 cm³/mol. The number of methoxy groups -OCH3 is 1. The molecule has 0 N–H and O–H groups in total. The van der Waals surface area contributed by atoms with Crippen molar-refractivity contribution in [2.24, 2.45) is 0 Å². The lowest BCUT2D eigenvalue weighted by Crippen LogP contribution is -2.06. The molecule has 6 nitrogen and oxygen atoms in total. The number of esters is 2. The standard InChI is InChI=1S/C22H19NO5/c1-3-12-27-22(25)19(14-23)13-16-6-10-20(11-7-16)28-15-17-4-8-18(9-5-17)21(24)26-2/h3-11,13H,1,12,15H2,2H3/b19-13+. The SMILES string of the molecule is C=CCOC(=O)/C(C#N)=C/c1ccc(OCc2ccc(C(=O)OC)cc2)cc1. The fourth-order valence-corrected chi connectivity index (χ4v) is 2.20. The minimum Gasteiger partial charge on any atom is -0.489 e. The first-order valence-corrected chi connectivity index (χ1v) is 8.37. The van der Waals surface area contributed by atoms with Gasteiger partial charge in [-0.2, -0.15) is 5.26 Å². The van der Waals surface area contributed by atoms with Gasteiger partial charge in [-0.05, 0) is 41.5 Å². The second-order valence-corrected chi connectivity index (χ2v) is 5.60. The number of carbonyl (C=O) groups excluding carboxylic acids is 2. The number of hydrogen-bond donors (Lipinski definition) is 0. The lowest BCUT2D eigenvalue weighted by Gasteiger charge is -2.07. The molecule has 0 heterocycles. The Kier molecular flexibility index (Phi) is 7.55. The first-order chi connectivity index (χ1) is 13.6. The maximum Gasteiger partial charge on any atom is 0.349 e. The summed E-state index contributed by atoms with van der Waals surface area (Å²) in [7, 11) is 1.34. The highest BCUT2D eigenvalue weighted by Gasteiger charge is 2.10. The van der Waals surface area contributed by atoms with Crippen molar-refractivity contribution in [3.05, 3.63) is 83.4 Å². The van der Waals surface area contributed by atoms with E-state index in [1.807, 2.05) is 6.07 Å². The number of nitriles is 1. The Morgan fingerprint density at radius 1 is 1.11 bits per heavy atom. The van der Waals surface area contributed by atoms with Crippen LogP contribution in [-0.2, 0) is 20.9 Å². The molecule has 0 bridgehead atoms. The third-order valence-corrected chi connectivity index (χ3v) is 3.64. The molecule has 0 fully saturated rings. The highest BCUT2D eigenvalue weighted by atomic mass is 16.5. The molecule has 0 amide bonds. The van der Waals surface area contributed by atoms with Gasteiger partial charge in [-0.25, -0.2) is 9.59 Å². The second-order valence-electron chi connectivity index (χ2n) is 5.60.